The minimum atomic E-state index is -1.06. The number of carboxylic acid groups (broad SMARTS) is 1. The Labute approximate surface area is 133 Å². The Balaban J connectivity index is 1.98. The van der Waals surface area contributed by atoms with E-state index in [-0.39, 0.29) is 22.6 Å². The van der Waals surface area contributed by atoms with Gasteiger partial charge < -0.3 is 15.1 Å². The van der Waals surface area contributed by atoms with Gasteiger partial charge in [-0.25, -0.2) is 9.78 Å². The Morgan fingerprint density at radius 3 is 2.82 bits per heavy atom. The lowest BCUT2D eigenvalue weighted by molar-refractivity contribution is 0.0699. The van der Waals surface area contributed by atoms with Crippen molar-refractivity contribution in [2.75, 3.05) is 18.0 Å². The van der Waals surface area contributed by atoms with E-state index in [1.54, 1.807) is 18.2 Å². The fourth-order valence-corrected chi connectivity index (χ4v) is 3.19. The summed E-state index contributed by atoms with van der Waals surface area (Å²) in [5.74, 6) is -0.00732. The number of nitrogens with zero attached hydrogens (tertiary/aromatic N) is 2. The molecule has 116 valence electrons. The fraction of sp³-hybridized carbons (Fsp3) is 0.375. The molecular weight excluding hydrogens is 304 g/mol. The van der Waals surface area contributed by atoms with E-state index in [4.69, 9.17) is 11.6 Å². The largest absolute Gasteiger partial charge is 0.478 e. The number of hydrogen-bond acceptors (Lipinski definition) is 4. The Morgan fingerprint density at radius 1 is 1.41 bits per heavy atom. The molecule has 5 nitrogen and oxygen atoms in total. The molecule has 2 aromatic rings. The maximum atomic E-state index is 11.3. The van der Waals surface area contributed by atoms with Gasteiger partial charge in [0.1, 0.15) is 5.82 Å². The summed E-state index contributed by atoms with van der Waals surface area (Å²) in [5.41, 5.74) is 0.696. The van der Waals surface area contributed by atoms with Crippen LogP contribution in [-0.2, 0) is 0 Å². The molecule has 22 heavy (non-hydrogen) atoms. The molecule has 0 saturated carbocycles. The molecule has 0 radical (unpaired) electrons. The summed E-state index contributed by atoms with van der Waals surface area (Å²) < 4.78 is 0. The van der Waals surface area contributed by atoms with Gasteiger partial charge in [-0.05, 0) is 37.6 Å². The SMILES string of the molecule is CC(O)[C@@H]1CCN(c2ccc3c(C(=O)O)c(Cl)ccc3n2)C1. The van der Waals surface area contributed by atoms with E-state index >= 15 is 0 Å². The van der Waals surface area contributed by atoms with Crippen LogP contribution in [0.2, 0.25) is 5.02 Å². The molecule has 3 rings (SSSR count). The van der Waals surface area contributed by atoms with Crippen LogP contribution < -0.4 is 4.90 Å². The molecule has 1 fully saturated rings. The lowest BCUT2D eigenvalue weighted by Crippen LogP contribution is -2.24. The number of benzene rings is 1. The molecule has 1 aromatic carbocycles. The molecular formula is C16H17ClN2O3. The van der Waals surface area contributed by atoms with Gasteiger partial charge in [-0.2, -0.15) is 0 Å². The predicted octanol–water partition coefficient (Wildman–Crippen LogP) is 2.79. The Hall–Kier alpha value is -1.85. The van der Waals surface area contributed by atoms with Crippen molar-refractivity contribution in [3.8, 4) is 0 Å². The summed E-state index contributed by atoms with van der Waals surface area (Å²) in [7, 11) is 0. The summed E-state index contributed by atoms with van der Waals surface area (Å²) in [5, 5.41) is 19.7. The molecule has 2 atom stereocenters. The first kappa shape index (κ1) is 15.1. The van der Waals surface area contributed by atoms with Gasteiger partial charge in [-0.15, -0.1) is 0 Å². The van der Waals surface area contributed by atoms with Crippen LogP contribution >= 0.6 is 11.6 Å². The first-order valence-electron chi connectivity index (χ1n) is 7.23. The second-order valence-corrected chi connectivity index (χ2v) is 6.11. The molecule has 0 amide bonds. The first-order chi connectivity index (χ1) is 10.5. The quantitative estimate of drug-likeness (QED) is 0.909. The standard InChI is InChI=1S/C16H17ClN2O3/c1-9(20)10-6-7-19(8-10)14-5-2-11-13(18-14)4-3-12(17)15(11)16(21)22/h2-5,9-10,20H,6-8H2,1H3,(H,21,22)/t9?,10-/m1/s1. The number of pyridine rings is 1. The molecule has 1 aliphatic heterocycles. The molecule has 0 spiro atoms. The lowest BCUT2D eigenvalue weighted by atomic mass is 10.0. The van der Waals surface area contributed by atoms with E-state index in [1.807, 2.05) is 13.0 Å². The fourth-order valence-electron chi connectivity index (χ4n) is 2.95. The van der Waals surface area contributed by atoms with E-state index in [2.05, 4.69) is 9.88 Å². The smallest absolute Gasteiger partial charge is 0.337 e. The van der Waals surface area contributed by atoms with Crippen molar-refractivity contribution in [3.05, 3.63) is 34.9 Å². The molecule has 1 aliphatic rings. The van der Waals surface area contributed by atoms with Crippen LogP contribution in [0.5, 0.6) is 0 Å². The third-order valence-corrected chi connectivity index (χ3v) is 4.57. The Kier molecular flexibility index (Phi) is 3.93. The zero-order valence-electron chi connectivity index (χ0n) is 12.2. The number of hydrogen-bond donors (Lipinski definition) is 2. The maximum Gasteiger partial charge on any atom is 0.337 e. The van der Waals surface area contributed by atoms with Gasteiger partial charge >= 0.3 is 5.97 Å². The van der Waals surface area contributed by atoms with Crippen molar-refractivity contribution in [1.29, 1.82) is 0 Å². The van der Waals surface area contributed by atoms with Gasteiger partial charge in [0.25, 0.3) is 0 Å². The van der Waals surface area contributed by atoms with Crippen molar-refractivity contribution in [2.45, 2.75) is 19.4 Å². The van der Waals surface area contributed by atoms with E-state index in [1.165, 1.54) is 0 Å². The van der Waals surface area contributed by atoms with Gasteiger partial charge in [0.05, 0.1) is 22.2 Å². The summed E-state index contributed by atoms with van der Waals surface area (Å²) in [6.07, 6.45) is 0.598. The summed E-state index contributed by atoms with van der Waals surface area (Å²) in [6, 6.07) is 6.86. The second-order valence-electron chi connectivity index (χ2n) is 5.70. The maximum absolute atomic E-state index is 11.3. The van der Waals surface area contributed by atoms with Crippen molar-refractivity contribution in [2.24, 2.45) is 5.92 Å². The highest BCUT2D eigenvalue weighted by Gasteiger charge is 2.27. The number of aliphatic hydroxyl groups excluding tert-OH is 1. The zero-order valence-corrected chi connectivity index (χ0v) is 12.9. The van der Waals surface area contributed by atoms with Gasteiger partial charge in [0.15, 0.2) is 0 Å². The second kappa shape index (κ2) is 5.74. The third-order valence-electron chi connectivity index (χ3n) is 4.25. The van der Waals surface area contributed by atoms with Crippen LogP contribution in [0.3, 0.4) is 0 Å². The number of rotatable bonds is 3. The highest BCUT2D eigenvalue weighted by atomic mass is 35.5. The normalized spacial score (nSPS) is 19.6. The van der Waals surface area contributed by atoms with Crippen LogP contribution in [0, 0.1) is 5.92 Å². The minimum absolute atomic E-state index is 0.0847. The molecule has 2 heterocycles. The first-order valence-corrected chi connectivity index (χ1v) is 7.60. The van der Waals surface area contributed by atoms with E-state index in [9.17, 15) is 15.0 Å². The average Bonchev–Trinajstić information content (AvgIpc) is 2.96. The molecule has 1 unspecified atom stereocenters. The third kappa shape index (κ3) is 2.62. The Bertz CT molecular complexity index is 733. The Morgan fingerprint density at radius 2 is 2.18 bits per heavy atom. The minimum Gasteiger partial charge on any atom is -0.478 e. The molecule has 1 aromatic heterocycles. The van der Waals surface area contributed by atoms with Gasteiger partial charge in [-0.1, -0.05) is 11.6 Å². The summed E-state index contributed by atoms with van der Waals surface area (Å²) >= 11 is 5.97. The van der Waals surface area contributed by atoms with E-state index in [0.717, 1.165) is 25.3 Å². The van der Waals surface area contributed by atoms with Crippen molar-refractivity contribution >= 4 is 34.3 Å². The number of aromatic nitrogens is 1. The average molecular weight is 321 g/mol. The number of halogens is 1. The van der Waals surface area contributed by atoms with E-state index in [0.29, 0.717) is 10.9 Å². The van der Waals surface area contributed by atoms with E-state index < -0.39 is 5.97 Å². The molecule has 0 bridgehead atoms. The van der Waals surface area contributed by atoms with Gasteiger partial charge in [-0.3, -0.25) is 0 Å². The molecule has 2 N–H and O–H groups in total. The van der Waals surface area contributed by atoms with Crippen LogP contribution in [-0.4, -0.2) is 40.4 Å². The highest BCUT2D eigenvalue weighted by molar-refractivity contribution is 6.35. The predicted molar refractivity (Wildman–Crippen MR) is 85.7 cm³/mol. The van der Waals surface area contributed by atoms with Crippen LogP contribution in [0.25, 0.3) is 10.9 Å². The zero-order chi connectivity index (χ0) is 15.9. The van der Waals surface area contributed by atoms with Crippen LogP contribution in [0.4, 0.5) is 5.82 Å². The molecule has 6 heteroatoms. The number of anilines is 1. The topological polar surface area (TPSA) is 73.7 Å². The summed E-state index contributed by atoms with van der Waals surface area (Å²) in [4.78, 5) is 18.0. The van der Waals surface area contributed by atoms with Crippen molar-refractivity contribution in [1.82, 2.24) is 4.98 Å². The van der Waals surface area contributed by atoms with Crippen molar-refractivity contribution in [3.63, 3.8) is 0 Å². The number of carboxylic acids is 1. The number of carbonyl (C=O) groups is 1. The molecule has 1 saturated heterocycles. The molecule has 0 aliphatic carbocycles. The number of aromatic carboxylic acids is 1. The van der Waals surface area contributed by atoms with Gasteiger partial charge in [0, 0.05) is 24.4 Å². The van der Waals surface area contributed by atoms with Gasteiger partial charge in [0.2, 0.25) is 0 Å². The number of aliphatic hydroxyl groups is 1. The van der Waals surface area contributed by atoms with Crippen LogP contribution in [0.1, 0.15) is 23.7 Å². The number of fused-ring (bicyclic) bond motifs is 1. The van der Waals surface area contributed by atoms with Crippen LogP contribution in [0.15, 0.2) is 24.3 Å². The summed E-state index contributed by atoms with van der Waals surface area (Å²) in [6.45, 7) is 3.41. The monoisotopic (exact) mass is 320 g/mol. The lowest BCUT2D eigenvalue weighted by Gasteiger charge is -2.19. The van der Waals surface area contributed by atoms with Crippen molar-refractivity contribution < 1.29 is 15.0 Å². The highest BCUT2D eigenvalue weighted by Crippen LogP contribution is 2.29.